The van der Waals surface area contributed by atoms with Crippen molar-refractivity contribution in [2.24, 2.45) is 17.3 Å². The molecule has 1 aromatic heterocycles. The number of aromatic nitrogens is 2. The number of hydrogen-bond donors (Lipinski definition) is 3. The molecule has 0 radical (unpaired) electrons. The summed E-state index contributed by atoms with van der Waals surface area (Å²) in [4.78, 5) is 9.13. The molecule has 0 saturated heterocycles. The Morgan fingerprint density at radius 1 is 1.25 bits per heavy atom. The first-order chi connectivity index (χ1) is 11.4. The van der Waals surface area contributed by atoms with Gasteiger partial charge in [-0.25, -0.2) is 9.97 Å². The van der Waals surface area contributed by atoms with Gasteiger partial charge in [0.2, 0.25) is 0 Å². The number of rotatable bonds is 6. The molecule has 2 aliphatic rings. The van der Waals surface area contributed by atoms with E-state index in [-0.39, 0.29) is 29.9 Å². The van der Waals surface area contributed by atoms with Crippen molar-refractivity contribution in [1.29, 1.82) is 0 Å². The quantitative estimate of drug-likeness (QED) is 0.741. The Morgan fingerprint density at radius 2 is 2.00 bits per heavy atom. The van der Waals surface area contributed by atoms with E-state index in [0.29, 0.717) is 12.3 Å². The van der Waals surface area contributed by atoms with Crippen LogP contribution in [0.4, 0.5) is 0 Å². The van der Waals surface area contributed by atoms with Crippen LogP contribution in [0.25, 0.3) is 0 Å². The first-order valence-corrected chi connectivity index (χ1v) is 9.21. The summed E-state index contributed by atoms with van der Waals surface area (Å²) >= 11 is 0. The van der Waals surface area contributed by atoms with Gasteiger partial charge in [0.05, 0.1) is 6.10 Å². The largest absolute Gasteiger partial charge is 0.396 e. The van der Waals surface area contributed by atoms with Gasteiger partial charge in [0.25, 0.3) is 0 Å². The van der Waals surface area contributed by atoms with E-state index in [1.165, 1.54) is 12.8 Å². The normalized spacial score (nSPS) is 30.7. The van der Waals surface area contributed by atoms with Crippen molar-refractivity contribution in [3.05, 3.63) is 23.8 Å². The molecule has 3 N–H and O–H groups in total. The zero-order valence-corrected chi connectivity index (χ0v) is 15.1. The lowest BCUT2D eigenvalue weighted by Gasteiger charge is -2.28. The average Bonchev–Trinajstić information content (AvgIpc) is 3.31. The molecule has 5 heteroatoms. The van der Waals surface area contributed by atoms with E-state index in [1.807, 2.05) is 12.3 Å². The van der Waals surface area contributed by atoms with E-state index in [2.05, 4.69) is 31.1 Å². The molecule has 0 aliphatic heterocycles. The minimum Gasteiger partial charge on any atom is -0.396 e. The summed E-state index contributed by atoms with van der Waals surface area (Å²) in [7, 11) is 0. The van der Waals surface area contributed by atoms with Crippen LogP contribution in [0.5, 0.6) is 0 Å². The molecular formula is C19H31N3O2. The van der Waals surface area contributed by atoms with Crippen molar-refractivity contribution >= 4 is 0 Å². The van der Waals surface area contributed by atoms with Gasteiger partial charge in [-0.15, -0.1) is 0 Å². The van der Waals surface area contributed by atoms with Gasteiger partial charge in [-0.05, 0) is 43.1 Å². The number of aliphatic hydroxyl groups excluding tert-OH is 2. The maximum Gasteiger partial charge on any atom is 0.131 e. The molecule has 4 unspecified atom stereocenters. The van der Waals surface area contributed by atoms with Gasteiger partial charge in [-0.2, -0.15) is 0 Å². The zero-order chi connectivity index (χ0) is 17.3. The lowest BCUT2D eigenvalue weighted by molar-refractivity contribution is 0.0715. The Bertz CT molecular complexity index is 554. The molecule has 1 aromatic rings. The Balaban J connectivity index is 1.72. The molecule has 1 heterocycles. The minimum atomic E-state index is -0.442. The summed E-state index contributed by atoms with van der Waals surface area (Å²) in [6.07, 6.45) is 5.29. The Kier molecular flexibility index (Phi) is 5.23. The second-order valence-electron chi connectivity index (χ2n) is 8.75. The van der Waals surface area contributed by atoms with Gasteiger partial charge >= 0.3 is 0 Å². The molecule has 0 aromatic carbocycles. The van der Waals surface area contributed by atoms with Crippen LogP contribution < -0.4 is 5.32 Å². The first kappa shape index (κ1) is 17.8. The topological polar surface area (TPSA) is 78.3 Å². The third-order valence-electron chi connectivity index (χ3n) is 5.28. The van der Waals surface area contributed by atoms with Gasteiger partial charge in [0.15, 0.2) is 0 Å². The third-order valence-corrected chi connectivity index (χ3v) is 5.28. The van der Waals surface area contributed by atoms with Crippen molar-refractivity contribution in [3.63, 3.8) is 0 Å². The minimum absolute atomic E-state index is 0.0279. The Hall–Kier alpha value is -1.04. The van der Waals surface area contributed by atoms with E-state index < -0.39 is 6.10 Å². The Morgan fingerprint density at radius 3 is 2.62 bits per heavy atom. The molecule has 2 aliphatic carbocycles. The molecule has 2 fully saturated rings. The highest BCUT2D eigenvalue weighted by Gasteiger charge is 2.42. The SMILES string of the molecule is CC(C)(C)CNC1CC(O)C(CO)C1Cc1ccnc(C2CC2)n1. The molecule has 4 atom stereocenters. The summed E-state index contributed by atoms with van der Waals surface area (Å²) in [6.45, 7) is 7.54. The van der Waals surface area contributed by atoms with Crippen LogP contribution >= 0.6 is 0 Å². The van der Waals surface area contributed by atoms with Crippen molar-refractivity contribution in [3.8, 4) is 0 Å². The number of aliphatic hydroxyl groups is 2. The molecule has 2 saturated carbocycles. The van der Waals surface area contributed by atoms with Gasteiger partial charge in [-0.3, -0.25) is 0 Å². The summed E-state index contributed by atoms with van der Waals surface area (Å²) < 4.78 is 0. The maximum atomic E-state index is 10.4. The standard InChI is InChI=1S/C19H31N3O2/c1-19(2,3)11-21-16-9-17(24)15(10-23)14(16)8-13-6-7-20-18(22-13)12-4-5-12/h6-7,12,14-17,21,23-24H,4-5,8-11H2,1-3H3. The Labute approximate surface area is 144 Å². The highest BCUT2D eigenvalue weighted by Crippen LogP contribution is 2.39. The fourth-order valence-electron chi connectivity index (χ4n) is 3.72. The fraction of sp³-hybridized carbons (Fsp3) is 0.789. The molecule has 0 bridgehead atoms. The highest BCUT2D eigenvalue weighted by atomic mass is 16.3. The van der Waals surface area contributed by atoms with E-state index in [4.69, 9.17) is 4.98 Å². The van der Waals surface area contributed by atoms with Crippen LogP contribution in [0.1, 0.15) is 57.5 Å². The molecule has 5 nitrogen and oxygen atoms in total. The zero-order valence-electron chi connectivity index (χ0n) is 15.1. The fourth-order valence-corrected chi connectivity index (χ4v) is 3.72. The summed E-state index contributed by atoms with van der Waals surface area (Å²) in [5.74, 6) is 1.63. The van der Waals surface area contributed by atoms with Gasteiger partial charge in [0.1, 0.15) is 5.82 Å². The van der Waals surface area contributed by atoms with Crippen LogP contribution in [0.3, 0.4) is 0 Å². The number of hydrogen-bond acceptors (Lipinski definition) is 5. The van der Waals surface area contributed by atoms with Crippen molar-refractivity contribution in [2.75, 3.05) is 13.2 Å². The summed E-state index contributed by atoms with van der Waals surface area (Å²) in [5, 5.41) is 23.7. The first-order valence-electron chi connectivity index (χ1n) is 9.21. The van der Waals surface area contributed by atoms with Crippen LogP contribution in [-0.4, -0.2) is 45.5 Å². The summed E-state index contributed by atoms with van der Waals surface area (Å²) in [5.41, 5.74) is 1.23. The second kappa shape index (κ2) is 7.06. The van der Waals surface area contributed by atoms with E-state index >= 15 is 0 Å². The lowest BCUT2D eigenvalue weighted by atomic mass is 9.88. The van der Waals surface area contributed by atoms with Crippen molar-refractivity contribution < 1.29 is 10.2 Å². The third kappa shape index (κ3) is 4.32. The number of nitrogens with zero attached hydrogens (tertiary/aromatic N) is 2. The summed E-state index contributed by atoms with van der Waals surface area (Å²) in [6, 6.07) is 2.20. The van der Waals surface area contributed by atoms with Gasteiger partial charge in [0, 0.05) is 42.9 Å². The van der Waals surface area contributed by atoms with E-state index in [0.717, 1.165) is 24.5 Å². The van der Waals surface area contributed by atoms with Crippen molar-refractivity contribution in [2.45, 2.75) is 64.5 Å². The van der Waals surface area contributed by atoms with E-state index in [9.17, 15) is 10.2 Å². The molecule has 0 spiro atoms. The second-order valence-corrected chi connectivity index (χ2v) is 8.75. The van der Waals surface area contributed by atoms with Crippen molar-refractivity contribution in [1.82, 2.24) is 15.3 Å². The molecule has 0 amide bonds. The predicted octanol–water partition coefficient (Wildman–Crippen LogP) is 1.89. The van der Waals surface area contributed by atoms with Crippen LogP contribution in [-0.2, 0) is 6.42 Å². The average molecular weight is 333 g/mol. The molecule has 3 rings (SSSR count). The monoisotopic (exact) mass is 333 g/mol. The van der Waals surface area contributed by atoms with Crippen LogP contribution in [0.15, 0.2) is 12.3 Å². The van der Waals surface area contributed by atoms with Gasteiger partial charge < -0.3 is 15.5 Å². The smallest absolute Gasteiger partial charge is 0.131 e. The molecule has 134 valence electrons. The van der Waals surface area contributed by atoms with Crippen LogP contribution in [0, 0.1) is 17.3 Å². The number of nitrogens with one attached hydrogen (secondary N) is 1. The molecule has 24 heavy (non-hydrogen) atoms. The molecular weight excluding hydrogens is 302 g/mol. The maximum absolute atomic E-state index is 10.4. The lowest BCUT2D eigenvalue weighted by Crippen LogP contribution is -2.40. The van der Waals surface area contributed by atoms with Crippen LogP contribution in [0.2, 0.25) is 0 Å². The van der Waals surface area contributed by atoms with Gasteiger partial charge in [-0.1, -0.05) is 20.8 Å². The highest BCUT2D eigenvalue weighted by molar-refractivity contribution is 5.12. The van der Waals surface area contributed by atoms with E-state index in [1.54, 1.807) is 0 Å². The predicted molar refractivity (Wildman–Crippen MR) is 93.6 cm³/mol.